The highest BCUT2D eigenvalue weighted by Gasteiger charge is 1.72. The molecule has 1 heteroatoms. The molecule has 9 heavy (non-hydrogen) atoms. The highest BCUT2D eigenvalue weighted by molar-refractivity contribution is 5.29. The van der Waals surface area contributed by atoms with Crippen molar-refractivity contribution < 1.29 is 0 Å². The fraction of sp³-hybridized carbons (Fsp3) is 0.375. The van der Waals surface area contributed by atoms with Crippen LogP contribution < -0.4 is 0 Å². The number of nitrogens with zero attached hydrogens (tertiary/aromatic N) is 1. The van der Waals surface area contributed by atoms with Crippen LogP contribution in [0, 0.1) is 0 Å². The van der Waals surface area contributed by atoms with Gasteiger partial charge in [0.05, 0.1) is 0 Å². The van der Waals surface area contributed by atoms with Gasteiger partial charge < -0.3 is 0 Å². The van der Waals surface area contributed by atoms with Gasteiger partial charge in [-0.05, 0) is 26.1 Å². The van der Waals surface area contributed by atoms with Crippen LogP contribution in [0.15, 0.2) is 28.9 Å². The van der Waals surface area contributed by atoms with Gasteiger partial charge in [-0.15, -0.1) is 0 Å². The molecule has 1 nitrogen and oxygen atoms in total. The van der Waals surface area contributed by atoms with Gasteiger partial charge in [0, 0.05) is 5.70 Å². The normalized spacial score (nSPS) is 12.4. The van der Waals surface area contributed by atoms with Gasteiger partial charge in [0.1, 0.15) is 0 Å². The van der Waals surface area contributed by atoms with E-state index >= 15 is 0 Å². The summed E-state index contributed by atoms with van der Waals surface area (Å²) in [6, 6.07) is 0. The molecule has 0 heterocycles. The molecule has 0 aliphatic carbocycles. The van der Waals surface area contributed by atoms with Crippen LogP contribution in [0.3, 0.4) is 0 Å². The zero-order valence-electron chi connectivity index (χ0n) is 6.09. The van der Waals surface area contributed by atoms with Gasteiger partial charge in [0.15, 0.2) is 0 Å². The molecule has 50 valence electrons. The third kappa shape index (κ3) is 5.01. The minimum absolute atomic E-state index is 0.958. The molecular formula is C8H13N. The SMILES string of the molecule is C=N/C(C)=C\C=C/CC. The zero-order chi connectivity index (χ0) is 7.11. The molecule has 0 atom stereocenters. The first-order valence-corrected chi connectivity index (χ1v) is 3.11. The summed E-state index contributed by atoms with van der Waals surface area (Å²) in [4.78, 5) is 3.72. The average molecular weight is 123 g/mol. The van der Waals surface area contributed by atoms with E-state index in [-0.39, 0.29) is 0 Å². The lowest BCUT2D eigenvalue weighted by atomic mass is 10.3. The Labute approximate surface area is 56.8 Å². The lowest BCUT2D eigenvalue weighted by Gasteiger charge is -1.82. The first-order valence-electron chi connectivity index (χ1n) is 3.11. The summed E-state index contributed by atoms with van der Waals surface area (Å²) in [6.07, 6.45) is 7.08. The molecule has 0 aliphatic heterocycles. The topological polar surface area (TPSA) is 12.4 Å². The molecule has 0 bridgehead atoms. The molecule has 0 aromatic rings. The molecule has 0 rings (SSSR count). The maximum absolute atomic E-state index is 3.72. The molecular weight excluding hydrogens is 110 g/mol. The Morgan fingerprint density at radius 1 is 1.67 bits per heavy atom. The molecule has 0 aromatic heterocycles. The predicted octanol–water partition coefficient (Wildman–Crippen LogP) is 2.56. The summed E-state index contributed by atoms with van der Waals surface area (Å²) in [6.45, 7) is 7.41. The van der Waals surface area contributed by atoms with Crippen molar-refractivity contribution in [1.82, 2.24) is 0 Å². The van der Waals surface area contributed by atoms with E-state index in [2.05, 4.69) is 24.7 Å². The summed E-state index contributed by atoms with van der Waals surface area (Å²) in [5.74, 6) is 0. The fourth-order valence-corrected chi connectivity index (χ4v) is 0.396. The fourth-order valence-electron chi connectivity index (χ4n) is 0.396. The van der Waals surface area contributed by atoms with Crippen molar-refractivity contribution in [3.05, 3.63) is 23.9 Å². The molecule has 0 radical (unpaired) electrons. The van der Waals surface area contributed by atoms with Gasteiger partial charge in [0.2, 0.25) is 0 Å². The van der Waals surface area contributed by atoms with Gasteiger partial charge in [-0.1, -0.05) is 19.1 Å². The van der Waals surface area contributed by atoms with Gasteiger partial charge in [0.25, 0.3) is 0 Å². The minimum atomic E-state index is 0.958. The molecule has 0 saturated heterocycles. The largest absolute Gasteiger partial charge is 0.269 e. The summed E-state index contributed by atoms with van der Waals surface area (Å²) in [5, 5.41) is 0. The Hall–Kier alpha value is -0.850. The van der Waals surface area contributed by atoms with Gasteiger partial charge in [-0.2, -0.15) is 0 Å². The summed E-state index contributed by atoms with van der Waals surface area (Å²) in [7, 11) is 0. The Morgan fingerprint density at radius 2 is 2.33 bits per heavy atom. The number of aliphatic imine (C=N–C) groups is 1. The summed E-state index contributed by atoms with van der Waals surface area (Å²) in [5.41, 5.74) is 0.958. The third-order valence-corrected chi connectivity index (χ3v) is 0.959. The van der Waals surface area contributed by atoms with E-state index in [1.807, 2.05) is 19.1 Å². The predicted molar refractivity (Wildman–Crippen MR) is 42.7 cm³/mol. The number of allylic oxidation sites excluding steroid dienone is 4. The van der Waals surface area contributed by atoms with Crippen molar-refractivity contribution in [3.63, 3.8) is 0 Å². The van der Waals surface area contributed by atoms with Crippen molar-refractivity contribution in [2.24, 2.45) is 4.99 Å². The Bertz CT molecular complexity index is 132. The molecule has 0 aromatic carbocycles. The molecule has 0 unspecified atom stereocenters. The van der Waals surface area contributed by atoms with E-state index in [9.17, 15) is 0 Å². The van der Waals surface area contributed by atoms with E-state index in [0.717, 1.165) is 12.1 Å². The zero-order valence-corrected chi connectivity index (χ0v) is 6.09. The second-order valence-corrected chi connectivity index (χ2v) is 1.80. The molecule has 0 N–H and O–H groups in total. The van der Waals surface area contributed by atoms with Crippen LogP contribution in [0.25, 0.3) is 0 Å². The monoisotopic (exact) mass is 123 g/mol. The van der Waals surface area contributed by atoms with Crippen molar-refractivity contribution in [3.8, 4) is 0 Å². The van der Waals surface area contributed by atoms with E-state index in [4.69, 9.17) is 0 Å². The van der Waals surface area contributed by atoms with Crippen molar-refractivity contribution in [2.45, 2.75) is 20.3 Å². The molecule has 0 aliphatic rings. The van der Waals surface area contributed by atoms with E-state index in [0.29, 0.717) is 0 Å². The highest BCUT2D eigenvalue weighted by Crippen LogP contribution is 1.92. The van der Waals surface area contributed by atoms with E-state index in [1.54, 1.807) is 0 Å². The molecule has 0 saturated carbocycles. The van der Waals surface area contributed by atoms with Gasteiger partial charge in [-0.3, -0.25) is 4.99 Å². The lowest BCUT2D eigenvalue weighted by molar-refractivity contribution is 1.22. The summed E-state index contributed by atoms with van der Waals surface area (Å²) < 4.78 is 0. The van der Waals surface area contributed by atoms with Crippen molar-refractivity contribution in [1.29, 1.82) is 0 Å². The average Bonchev–Trinajstić information content (AvgIpc) is 1.89. The van der Waals surface area contributed by atoms with Gasteiger partial charge >= 0.3 is 0 Å². The minimum Gasteiger partial charge on any atom is -0.269 e. The van der Waals surface area contributed by atoms with Crippen LogP contribution in [0.1, 0.15) is 20.3 Å². The second kappa shape index (κ2) is 5.29. The molecule has 0 amide bonds. The van der Waals surface area contributed by atoms with Crippen LogP contribution >= 0.6 is 0 Å². The standard InChI is InChI=1S/C8H13N/c1-4-5-6-7-8(2)9-3/h5-7H,3-4H2,1-2H3/b6-5-,8-7-. The maximum atomic E-state index is 3.72. The Morgan fingerprint density at radius 3 is 2.78 bits per heavy atom. The van der Waals surface area contributed by atoms with E-state index in [1.165, 1.54) is 0 Å². The number of hydrogen-bond donors (Lipinski definition) is 0. The Kier molecular flexibility index (Phi) is 4.79. The van der Waals surface area contributed by atoms with Crippen LogP contribution in [-0.2, 0) is 0 Å². The second-order valence-electron chi connectivity index (χ2n) is 1.80. The van der Waals surface area contributed by atoms with Crippen LogP contribution in [-0.4, -0.2) is 6.72 Å². The van der Waals surface area contributed by atoms with Gasteiger partial charge in [-0.25, -0.2) is 0 Å². The van der Waals surface area contributed by atoms with Crippen molar-refractivity contribution in [2.75, 3.05) is 0 Å². The first-order chi connectivity index (χ1) is 4.31. The number of rotatable bonds is 3. The summed E-state index contributed by atoms with van der Waals surface area (Å²) >= 11 is 0. The highest BCUT2D eigenvalue weighted by atomic mass is 14.7. The lowest BCUT2D eigenvalue weighted by Crippen LogP contribution is -1.62. The Balaban J connectivity index is 3.68. The quantitative estimate of drug-likeness (QED) is 0.404. The maximum Gasteiger partial charge on any atom is 0.0365 e. The smallest absolute Gasteiger partial charge is 0.0365 e. The van der Waals surface area contributed by atoms with E-state index < -0.39 is 0 Å². The van der Waals surface area contributed by atoms with Crippen molar-refractivity contribution >= 4 is 6.72 Å². The molecule has 0 spiro atoms. The van der Waals surface area contributed by atoms with Crippen LogP contribution in [0.4, 0.5) is 0 Å². The third-order valence-electron chi connectivity index (χ3n) is 0.959. The van der Waals surface area contributed by atoms with Crippen LogP contribution in [0.5, 0.6) is 0 Å². The van der Waals surface area contributed by atoms with Crippen LogP contribution in [0.2, 0.25) is 0 Å². The first kappa shape index (κ1) is 8.15. The molecule has 0 fully saturated rings. The number of hydrogen-bond acceptors (Lipinski definition) is 1.